The standard InChI is InChI=1S/C18H17N3O3/c22-15-10-24-16-14(9-23-17(15)16)21-7-6-20-18(21)12-4-3-11-2-1-5-19-13(11)8-12/h1-8,14-17,22H,9-10H2/t14-,15-,16-,17-/m1/s1. The van der Waals surface area contributed by atoms with Crippen molar-refractivity contribution < 1.29 is 14.6 Å². The van der Waals surface area contributed by atoms with E-state index in [0.717, 1.165) is 22.3 Å². The Bertz CT molecular complexity index is 894. The van der Waals surface area contributed by atoms with Crippen LogP contribution in [-0.2, 0) is 9.47 Å². The number of imidazole rings is 1. The molecule has 122 valence electrons. The van der Waals surface area contributed by atoms with E-state index < -0.39 is 6.10 Å². The Morgan fingerprint density at radius 3 is 2.92 bits per heavy atom. The maximum absolute atomic E-state index is 9.94. The van der Waals surface area contributed by atoms with Crippen LogP contribution in [0.25, 0.3) is 22.3 Å². The molecule has 2 aliphatic heterocycles. The van der Waals surface area contributed by atoms with Crippen molar-refractivity contribution in [3.8, 4) is 11.4 Å². The van der Waals surface area contributed by atoms with E-state index in [9.17, 15) is 5.11 Å². The van der Waals surface area contributed by atoms with Crippen LogP contribution in [0.1, 0.15) is 6.04 Å². The average Bonchev–Trinajstić information content (AvgIpc) is 3.32. The molecule has 6 heteroatoms. The molecule has 5 rings (SSSR count). The van der Waals surface area contributed by atoms with Gasteiger partial charge in [0.25, 0.3) is 0 Å². The lowest BCUT2D eigenvalue weighted by molar-refractivity contribution is 0.0172. The van der Waals surface area contributed by atoms with E-state index in [4.69, 9.17) is 9.47 Å². The third-order valence-corrected chi connectivity index (χ3v) is 4.89. The van der Waals surface area contributed by atoms with Gasteiger partial charge in [-0.15, -0.1) is 0 Å². The number of hydrogen-bond donors (Lipinski definition) is 1. The highest BCUT2D eigenvalue weighted by Gasteiger charge is 2.48. The molecule has 2 fully saturated rings. The molecule has 2 aromatic heterocycles. The van der Waals surface area contributed by atoms with Crippen molar-refractivity contribution in [3.05, 3.63) is 48.9 Å². The van der Waals surface area contributed by atoms with Crippen LogP contribution in [0.5, 0.6) is 0 Å². The number of hydrogen-bond acceptors (Lipinski definition) is 5. The monoisotopic (exact) mass is 323 g/mol. The second kappa shape index (κ2) is 5.37. The summed E-state index contributed by atoms with van der Waals surface area (Å²) in [6.45, 7) is 0.845. The fourth-order valence-corrected chi connectivity index (χ4v) is 3.71. The molecule has 2 saturated heterocycles. The Morgan fingerprint density at radius 2 is 1.96 bits per heavy atom. The molecule has 2 aliphatic rings. The van der Waals surface area contributed by atoms with Crippen LogP contribution in [0, 0.1) is 0 Å². The van der Waals surface area contributed by atoms with Gasteiger partial charge in [-0.2, -0.15) is 0 Å². The van der Waals surface area contributed by atoms with E-state index >= 15 is 0 Å². The molecule has 0 bridgehead atoms. The number of ether oxygens (including phenoxy) is 2. The number of fused-ring (bicyclic) bond motifs is 2. The summed E-state index contributed by atoms with van der Waals surface area (Å²) in [6, 6.07) is 10.2. The highest BCUT2D eigenvalue weighted by atomic mass is 16.6. The van der Waals surface area contributed by atoms with Gasteiger partial charge in [0.15, 0.2) is 0 Å². The number of nitrogens with zero attached hydrogens (tertiary/aromatic N) is 3. The molecule has 0 spiro atoms. The normalized spacial score (nSPS) is 29.2. The molecule has 4 heterocycles. The maximum atomic E-state index is 9.94. The van der Waals surface area contributed by atoms with Crippen molar-refractivity contribution >= 4 is 10.9 Å². The number of pyridine rings is 1. The lowest BCUT2D eigenvalue weighted by Crippen LogP contribution is -2.30. The largest absolute Gasteiger partial charge is 0.388 e. The minimum Gasteiger partial charge on any atom is -0.388 e. The van der Waals surface area contributed by atoms with Gasteiger partial charge in [-0.25, -0.2) is 4.98 Å². The molecular formula is C18H17N3O3. The summed E-state index contributed by atoms with van der Waals surface area (Å²) in [4.78, 5) is 8.96. The third kappa shape index (κ3) is 2.07. The number of benzene rings is 1. The van der Waals surface area contributed by atoms with E-state index in [1.54, 1.807) is 12.4 Å². The van der Waals surface area contributed by atoms with Crippen LogP contribution >= 0.6 is 0 Å². The summed E-state index contributed by atoms with van der Waals surface area (Å²) in [7, 11) is 0. The van der Waals surface area contributed by atoms with Gasteiger partial charge in [-0.3, -0.25) is 4.98 Å². The van der Waals surface area contributed by atoms with Gasteiger partial charge in [-0.1, -0.05) is 18.2 Å². The van der Waals surface area contributed by atoms with Gasteiger partial charge >= 0.3 is 0 Å². The van der Waals surface area contributed by atoms with Gasteiger partial charge in [0, 0.05) is 29.5 Å². The first kappa shape index (κ1) is 14.1. The summed E-state index contributed by atoms with van der Waals surface area (Å²) >= 11 is 0. The molecule has 3 aromatic rings. The summed E-state index contributed by atoms with van der Waals surface area (Å²) in [5.74, 6) is 0.863. The zero-order chi connectivity index (χ0) is 16.1. The van der Waals surface area contributed by atoms with Crippen molar-refractivity contribution in [2.75, 3.05) is 13.2 Å². The van der Waals surface area contributed by atoms with Crippen LogP contribution in [0.4, 0.5) is 0 Å². The van der Waals surface area contributed by atoms with Crippen molar-refractivity contribution in [3.63, 3.8) is 0 Å². The van der Waals surface area contributed by atoms with Crippen LogP contribution in [0.3, 0.4) is 0 Å². The van der Waals surface area contributed by atoms with E-state index in [0.29, 0.717) is 13.2 Å². The van der Waals surface area contributed by atoms with E-state index in [2.05, 4.69) is 26.7 Å². The maximum Gasteiger partial charge on any atom is 0.140 e. The summed E-state index contributed by atoms with van der Waals surface area (Å²) in [6.07, 6.45) is 4.60. The van der Waals surface area contributed by atoms with E-state index in [1.807, 2.05) is 24.4 Å². The fraction of sp³-hybridized carbons (Fsp3) is 0.333. The molecule has 6 nitrogen and oxygen atoms in total. The van der Waals surface area contributed by atoms with Gasteiger partial charge in [0.05, 0.1) is 24.8 Å². The number of aliphatic hydroxyl groups excluding tert-OH is 1. The molecule has 0 saturated carbocycles. The Morgan fingerprint density at radius 1 is 1.04 bits per heavy atom. The molecule has 0 amide bonds. The van der Waals surface area contributed by atoms with Gasteiger partial charge < -0.3 is 19.1 Å². The van der Waals surface area contributed by atoms with Crippen LogP contribution in [-0.4, -0.2) is 51.2 Å². The highest BCUT2D eigenvalue weighted by molar-refractivity contribution is 5.82. The summed E-state index contributed by atoms with van der Waals surface area (Å²) in [5.41, 5.74) is 1.95. The first-order valence-corrected chi connectivity index (χ1v) is 8.10. The Kier molecular flexibility index (Phi) is 3.16. The minimum absolute atomic E-state index is 0.0177. The molecule has 1 N–H and O–H groups in total. The summed E-state index contributed by atoms with van der Waals surface area (Å²) < 4.78 is 13.6. The van der Waals surface area contributed by atoms with Gasteiger partial charge in [0.1, 0.15) is 24.1 Å². The van der Waals surface area contributed by atoms with Crippen LogP contribution in [0.15, 0.2) is 48.9 Å². The molecule has 0 unspecified atom stereocenters. The Balaban J connectivity index is 1.55. The van der Waals surface area contributed by atoms with Gasteiger partial charge in [0.2, 0.25) is 0 Å². The number of aliphatic hydroxyl groups is 1. The molecule has 1 aromatic carbocycles. The second-order valence-corrected chi connectivity index (χ2v) is 6.30. The smallest absolute Gasteiger partial charge is 0.140 e. The molecule has 0 radical (unpaired) electrons. The lowest BCUT2D eigenvalue weighted by atomic mass is 10.1. The van der Waals surface area contributed by atoms with E-state index in [-0.39, 0.29) is 18.2 Å². The van der Waals surface area contributed by atoms with Crippen LogP contribution in [0.2, 0.25) is 0 Å². The molecular weight excluding hydrogens is 306 g/mol. The SMILES string of the molecule is O[C@@H]1CO[C@H]2[C@@H]1OC[C@H]2n1ccnc1-c1ccc2cccnc2c1. The Labute approximate surface area is 138 Å². The van der Waals surface area contributed by atoms with Crippen molar-refractivity contribution in [2.45, 2.75) is 24.4 Å². The van der Waals surface area contributed by atoms with Crippen molar-refractivity contribution in [1.82, 2.24) is 14.5 Å². The first-order chi connectivity index (χ1) is 11.8. The predicted molar refractivity (Wildman–Crippen MR) is 87.5 cm³/mol. The summed E-state index contributed by atoms with van der Waals surface area (Å²) in [5, 5.41) is 11.0. The average molecular weight is 323 g/mol. The first-order valence-electron chi connectivity index (χ1n) is 8.10. The van der Waals surface area contributed by atoms with Crippen molar-refractivity contribution in [1.29, 1.82) is 0 Å². The Hall–Kier alpha value is -2.28. The molecule has 0 aliphatic carbocycles. The topological polar surface area (TPSA) is 69.4 Å². The predicted octanol–water partition coefficient (Wildman–Crippen LogP) is 1.80. The quantitative estimate of drug-likeness (QED) is 0.779. The van der Waals surface area contributed by atoms with Crippen molar-refractivity contribution in [2.24, 2.45) is 0 Å². The zero-order valence-electron chi connectivity index (χ0n) is 12.9. The fourth-order valence-electron chi connectivity index (χ4n) is 3.71. The van der Waals surface area contributed by atoms with Crippen LogP contribution < -0.4 is 0 Å². The third-order valence-electron chi connectivity index (χ3n) is 4.89. The minimum atomic E-state index is -0.545. The second-order valence-electron chi connectivity index (χ2n) is 6.30. The lowest BCUT2D eigenvalue weighted by Gasteiger charge is -2.19. The molecule has 4 atom stereocenters. The van der Waals surface area contributed by atoms with Gasteiger partial charge in [-0.05, 0) is 12.1 Å². The number of rotatable bonds is 2. The molecule has 24 heavy (non-hydrogen) atoms. The van der Waals surface area contributed by atoms with E-state index in [1.165, 1.54) is 0 Å². The number of aromatic nitrogens is 3. The zero-order valence-corrected chi connectivity index (χ0v) is 12.9. The highest BCUT2D eigenvalue weighted by Crippen LogP contribution is 2.36.